The summed E-state index contributed by atoms with van der Waals surface area (Å²) >= 11 is 5.90. The van der Waals surface area contributed by atoms with Crippen molar-refractivity contribution in [3.63, 3.8) is 0 Å². The summed E-state index contributed by atoms with van der Waals surface area (Å²) in [5.74, 6) is 0.887. The van der Waals surface area contributed by atoms with E-state index in [1.807, 2.05) is 0 Å². The van der Waals surface area contributed by atoms with Crippen molar-refractivity contribution in [1.82, 2.24) is 24.7 Å². The summed E-state index contributed by atoms with van der Waals surface area (Å²) in [5.41, 5.74) is 0.289. The molecule has 0 bridgehead atoms. The zero-order chi connectivity index (χ0) is 25.2. The Bertz CT molecular complexity index is 1420. The van der Waals surface area contributed by atoms with Crippen LogP contribution in [0.4, 0.5) is 0 Å². The van der Waals surface area contributed by atoms with Gasteiger partial charge in [0, 0.05) is 17.8 Å². The van der Waals surface area contributed by atoms with Crippen LogP contribution in [-0.2, 0) is 6.42 Å². The molecule has 0 aliphatic heterocycles. The molecule has 1 aromatic carbocycles. The lowest BCUT2D eigenvalue weighted by atomic mass is 10.1. The van der Waals surface area contributed by atoms with Gasteiger partial charge in [-0.15, -0.1) is 10.2 Å². The maximum Gasteiger partial charge on any atom is 0.275 e. The number of halogens is 1. The van der Waals surface area contributed by atoms with Crippen molar-refractivity contribution in [3.05, 3.63) is 69.3 Å². The van der Waals surface area contributed by atoms with Gasteiger partial charge in [0.1, 0.15) is 23.0 Å². The summed E-state index contributed by atoms with van der Waals surface area (Å²) in [4.78, 5) is 22.7. The second-order valence-electron chi connectivity index (χ2n) is 8.45. The minimum Gasteiger partial charge on any atom is -0.494 e. The molecule has 0 amide bonds. The minimum atomic E-state index is -0.563. The van der Waals surface area contributed by atoms with E-state index in [0.717, 1.165) is 25.7 Å². The molecule has 3 heterocycles. The highest BCUT2D eigenvalue weighted by atomic mass is 35.5. The van der Waals surface area contributed by atoms with E-state index in [-0.39, 0.29) is 29.7 Å². The van der Waals surface area contributed by atoms with E-state index < -0.39 is 11.4 Å². The Balaban J connectivity index is 1.66. The van der Waals surface area contributed by atoms with Crippen molar-refractivity contribution in [2.24, 2.45) is 0 Å². The summed E-state index contributed by atoms with van der Waals surface area (Å²) in [7, 11) is 3.03. The number of aromatic nitrogens is 5. The SMILES string of the molecule is COc1cccc(OC)c1-n1c(C2CCCC2)nc(O)c(-c2nnc(Cc3ccc(Cl)cn3)o2)c1=O. The molecule has 4 aromatic rings. The molecule has 1 aliphatic carbocycles. The van der Waals surface area contributed by atoms with Crippen LogP contribution >= 0.6 is 11.6 Å². The van der Waals surface area contributed by atoms with Gasteiger partial charge in [-0.3, -0.25) is 14.3 Å². The molecular weight excluding hydrogens is 486 g/mol. The highest BCUT2D eigenvalue weighted by Gasteiger charge is 2.31. The number of ether oxygens (including phenoxy) is 2. The van der Waals surface area contributed by atoms with Crippen LogP contribution < -0.4 is 15.0 Å². The Morgan fingerprint density at radius 3 is 2.47 bits per heavy atom. The van der Waals surface area contributed by atoms with Gasteiger partial charge < -0.3 is 19.0 Å². The van der Waals surface area contributed by atoms with Crippen LogP contribution in [0.5, 0.6) is 17.4 Å². The average Bonchev–Trinajstić information content (AvgIpc) is 3.58. The maximum absolute atomic E-state index is 14.0. The van der Waals surface area contributed by atoms with Gasteiger partial charge in [0.25, 0.3) is 11.4 Å². The molecule has 0 spiro atoms. The minimum absolute atomic E-state index is 0.0125. The van der Waals surface area contributed by atoms with E-state index in [2.05, 4.69) is 20.2 Å². The third kappa shape index (κ3) is 4.39. The molecule has 36 heavy (non-hydrogen) atoms. The van der Waals surface area contributed by atoms with Crippen LogP contribution in [0.3, 0.4) is 0 Å². The van der Waals surface area contributed by atoms with Gasteiger partial charge in [0.05, 0.1) is 25.7 Å². The predicted octanol–water partition coefficient (Wildman–Crippen LogP) is 4.30. The van der Waals surface area contributed by atoms with Crippen molar-refractivity contribution in [3.8, 4) is 34.5 Å². The molecule has 186 valence electrons. The second kappa shape index (κ2) is 9.98. The second-order valence-corrected chi connectivity index (χ2v) is 8.88. The molecule has 1 aliphatic rings. The maximum atomic E-state index is 14.0. The molecule has 0 unspecified atom stereocenters. The summed E-state index contributed by atoms with van der Waals surface area (Å²) in [5, 5.41) is 19.5. The third-order valence-corrected chi connectivity index (χ3v) is 6.46. The largest absolute Gasteiger partial charge is 0.494 e. The number of rotatable bonds is 7. The Hall–Kier alpha value is -3.92. The number of pyridine rings is 1. The average molecular weight is 510 g/mol. The van der Waals surface area contributed by atoms with E-state index in [9.17, 15) is 9.90 Å². The molecule has 0 atom stereocenters. The number of benzene rings is 1. The lowest BCUT2D eigenvalue weighted by Crippen LogP contribution is -2.27. The number of para-hydroxylation sites is 1. The first-order valence-corrected chi connectivity index (χ1v) is 11.9. The fourth-order valence-corrected chi connectivity index (χ4v) is 4.64. The van der Waals surface area contributed by atoms with Crippen LogP contribution in [0.2, 0.25) is 5.02 Å². The summed E-state index contributed by atoms with van der Waals surface area (Å²) in [6.45, 7) is 0. The van der Waals surface area contributed by atoms with Crippen LogP contribution in [0.25, 0.3) is 17.1 Å². The Morgan fingerprint density at radius 2 is 1.83 bits per heavy atom. The molecule has 10 nitrogen and oxygen atoms in total. The van der Waals surface area contributed by atoms with Gasteiger partial charge in [-0.1, -0.05) is 30.5 Å². The molecular formula is C25H24ClN5O5. The van der Waals surface area contributed by atoms with Crippen molar-refractivity contribution in [2.75, 3.05) is 14.2 Å². The quantitative estimate of drug-likeness (QED) is 0.388. The fourth-order valence-electron chi connectivity index (χ4n) is 4.53. The molecule has 11 heteroatoms. The Labute approximate surface area is 211 Å². The van der Waals surface area contributed by atoms with E-state index >= 15 is 0 Å². The number of methoxy groups -OCH3 is 2. The first kappa shape index (κ1) is 23.8. The topological polar surface area (TPSA) is 125 Å². The fraction of sp³-hybridized carbons (Fsp3) is 0.320. The molecule has 3 aromatic heterocycles. The van der Waals surface area contributed by atoms with Crippen LogP contribution in [-0.4, -0.2) is 44.1 Å². The highest BCUT2D eigenvalue weighted by molar-refractivity contribution is 6.30. The van der Waals surface area contributed by atoms with Crippen molar-refractivity contribution < 1.29 is 19.0 Å². The van der Waals surface area contributed by atoms with E-state index in [1.54, 1.807) is 30.3 Å². The number of hydrogen-bond donors (Lipinski definition) is 1. The lowest BCUT2D eigenvalue weighted by molar-refractivity contribution is 0.387. The van der Waals surface area contributed by atoms with Gasteiger partial charge in [-0.05, 0) is 37.1 Å². The monoisotopic (exact) mass is 509 g/mol. The standard InChI is InChI=1S/C25H24ClN5O5/c1-34-17-8-5-9-18(35-2)21(17)31-22(14-6-3-4-7-14)28-23(32)20(25(31)33)24-30-29-19(36-24)12-16-11-10-15(26)13-27-16/h5,8-11,13-14,32H,3-4,6-7,12H2,1-2H3. The van der Waals surface area contributed by atoms with Crippen LogP contribution in [0.15, 0.2) is 45.7 Å². The van der Waals surface area contributed by atoms with Gasteiger partial charge in [0.2, 0.25) is 11.8 Å². The number of aromatic hydroxyl groups is 1. The number of nitrogens with zero attached hydrogens (tertiary/aromatic N) is 5. The van der Waals surface area contributed by atoms with E-state index in [0.29, 0.717) is 33.7 Å². The first-order valence-electron chi connectivity index (χ1n) is 11.5. The van der Waals surface area contributed by atoms with Crippen LogP contribution in [0.1, 0.15) is 49.0 Å². The van der Waals surface area contributed by atoms with Gasteiger partial charge >= 0.3 is 0 Å². The van der Waals surface area contributed by atoms with Crippen molar-refractivity contribution in [1.29, 1.82) is 0 Å². The van der Waals surface area contributed by atoms with E-state index in [1.165, 1.54) is 25.0 Å². The van der Waals surface area contributed by atoms with Crippen LogP contribution in [0, 0.1) is 0 Å². The van der Waals surface area contributed by atoms with E-state index in [4.69, 9.17) is 25.5 Å². The summed E-state index contributed by atoms with van der Waals surface area (Å²) in [6.07, 6.45) is 5.47. The lowest BCUT2D eigenvalue weighted by Gasteiger charge is -2.21. The highest BCUT2D eigenvalue weighted by Crippen LogP contribution is 2.39. The summed E-state index contributed by atoms with van der Waals surface area (Å²) < 4.78 is 18.3. The molecule has 0 radical (unpaired) electrons. The normalized spacial score (nSPS) is 13.8. The van der Waals surface area contributed by atoms with Crippen molar-refractivity contribution in [2.45, 2.75) is 38.0 Å². The zero-order valence-electron chi connectivity index (χ0n) is 19.8. The Kier molecular flexibility index (Phi) is 6.60. The first-order chi connectivity index (χ1) is 17.5. The molecule has 1 fully saturated rings. The molecule has 0 saturated heterocycles. The number of hydrogen-bond acceptors (Lipinski definition) is 9. The van der Waals surface area contributed by atoms with Gasteiger partial charge in [-0.25, -0.2) is 0 Å². The smallest absolute Gasteiger partial charge is 0.275 e. The zero-order valence-corrected chi connectivity index (χ0v) is 20.5. The van der Waals surface area contributed by atoms with Crippen molar-refractivity contribution >= 4 is 11.6 Å². The Morgan fingerprint density at radius 1 is 1.11 bits per heavy atom. The van der Waals surface area contributed by atoms with Gasteiger partial charge in [-0.2, -0.15) is 4.98 Å². The molecule has 1 saturated carbocycles. The summed E-state index contributed by atoms with van der Waals surface area (Å²) in [6, 6.07) is 8.68. The molecule has 5 rings (SSSR count). The van der Waals surface area contributed by atoms with Gasteiger partial charge in [0.15, 0.2) is 5.56 Å². The molecule has 1 N–H and O–H groups in total. The predicted molar refractivity (Wildman–Crippen MR) is 131 cm³/mol. The third-order valence-electron chi connectivity index (χ3n) is 6.24.